The molecule has 0 aliphatic carbocycles. The minimum Gasteiger partial charge on any atom is -0.471 e. The van der Waals surface area contributed by atoms with Gasteiger partial charge in [-0.15, -0.1) is 0 Å². The molecule has 1 aromatic rings. The first-order valence-corrected chi connectivity index (χ1v) is 5.40. The average molecular weight is 285 g/mol. The second-order valence-electron chi connectivity index (χ2n) is 3.64. The number of alkyl halides is 5. The number of nitrogens with one attached hydrogen (secondary N) is 1. The van der Waals surface area contributed by atoms with Gasteiger partial charge in [0, 0.05) is 18.8 Å². The zero-order chi connectivity index (χ0) is 14.5. The van der Waals surface area contributed by atoms with Gasteiger partial charge in [0.15, 0.2) is 6.61 Å². The molecule has 0 amide bonds. The smallest absolute Gasteiger partial charge is 0.456 e. The van der Waals surface area contributed by atoms with Crippen molar-refractivity contribution in [3.05, 3.63) is 12.3 Å². The van der Waals surface area contributed by atoms with Crippen LogP contribution in [-0.2, 0) is 0 Å². The molecule has 9 heteroatoms. The fourth-order valence-corrected chi connectivity index (χ4v) is 0.991. The van der Waals surface area contributed by atoms with Crippen molar-refractivity contribution in [1.82, 2.24) is 9.97 Å². The number of halogens is 5. The van der Waals surface area contributed by atoms with Gasteiger partial charge in [-0.2, -0.15) is 26.9 Å². The van der Waals surface area contributed by atoms with E-state index in [2.05, 4.69) is 20.0 Å². The van der Waals surface area contributed by atoms with Crippen LogP contribution in [0.4, 0.5) is 27.9 Å². The van der Waals surface area contributed by atoms with Crippen LogP contribution in [0.25, 0.3) is 0 Å². The molecule has 0 saturated carbocycles. The summed E-state index contributed by atoms with van der Waals surface area (Å²) in [6, 6.07) is 1.10. The Hall–Kier alpha value is -1.67. The molecule has 108 valence electrons. The van der Waals surface area contributed by atoms with E-state index in [1.54, 1.807) is 0 Å². The van der Waals surface area contributed by atoms with Gasteiger partial charge >= 0.3 is 12.1 Å². The fourth-order valence-electron chi connectivity index (χ4n) is 0.991. The van der Waals surface area contributed by atoms with Crippen molar-refractivity contribution in [3.8, 4) is 5.88 Å². The molecule has 1 aromatic heterocycles. The summed E-state index contributed by atoms with van der Waals surface area (Å²) in [4.78, 5) is 7.41. The molecule has 0 bridgehead atoms. The molecule has 1 N–H and O–H groups in total. The van der Waals surface area contributed by atoms with E-state index in [0.29, 0.717) is 6.54 Å². The monoisotopic (exact) mass is 285 g/mol. The highest BCUT2D eigenvalue weighted by Gasteiger charge is 2.58. The lowest BCUT2D eigenvalue weighted by Crippen LogP contribution is -2.41. The molecule has 0 saturated heterocycles. The third kappa shape index (κ3) is 4.49. The Kier molecular flexibility index (Phi) is 4.84. The molecule has 1 heterocycles. The van der Waals surface area contributed by atoms with E-state index in [1.165, 1.54) is 6.20 Å². The summed E-state index contributed by atoms with van der Waals surface area (Å²) in [5.74, 6) is -5.16. The van der Waals surface area contributed by atoms with E-state index in [4.69, 9.17) is 0 Å². The predicted molar refractivity (Wildman–Crippen MR) is 57.3 cm³/mol. The molecular weight excluding hydrogens is 273 g/mol. The van der Waals surface area contributed by atoms with E-state index in [-0.39, 0.29) is 11.8 Å². The van der Waals surface area contributed by atoms with Gasteiger partial charge in [0.25, 0.3) is 0 Å². The Morgan fingerprint density at radius 1 is 1.26 bits per heavy atom. The van der Waals surface area contributed by atoms with Gasteiger partial charge in [-0.1, -0.05) is 6.92 Å². The zero-order valence-electron chi connectivity index (χ0n) is 9.97. The van der Waals surface area contributed by atoms with Gasteiger partial charge in [-0.25, -0.2) is 4.98 Å². The first kappa shape index (κ1) is 15.4. The zero-order valence-corrected chi connectivity index (χ0v) is 9.97. The van der Waals surface area contributed by atoms with Gasteiger partial charge < -0.3 is 10.1 Å². The van der Waals surface area contributed by atoms with Gasteiger partial charge in [0.2, 0.25) is 11.8 Å². The quantitative estimate of drug-likeness (QED) is 0.816. The largest absolute Gasteiger partial charge is 0.471 e. The summed E-state index contributed by atoms with van der Waals surface area (Å²) in [7, 11) is 0. The molecule has 4 nitrogen and oxygen atoms in total. The van der Waals surface area contributed by atoms with E-state index in [0.717, 1.165) is 12.5 Å². The maximum atomic E-state index is 12.6. The molecule has 0 aromatic carbocycles. The summed E-state index contributed by atoms with van der Waals surface area (Å²) >= 11 is 0. The van der Waals surface area contributed by atoms with Crippen LogP contribution in [0, 0.1) is 0 Å². The Bertz CT molecular complexity index is 410. The predicted octanol–water partition coefficient (Wildman–Crippen LogP) is 2.87. The second kappa shape index (κ2) is 5.98. The summed E-state index contributed by atoms with van der Waals surface area (Å²) < 4.78 is 65.3. The minimum atomic E-state index is -5.65. The SMILES string of the molecule is CCCNc1nccc(OCC(F)(F)C(F)(F)F)n1. The number of nitrogens with zero attached hydrogens (tertiary/aromatic N) is 2. The highest BCUT2D eigenvalue weighted by atomic mass is 19.4. The minimum absolute atomic E-state index is 0.106. The van der Waals surface area contributed by atoms with Crippen LogP contribution in [0.3, 0.4) is 0 Å². The number of aromatic nitrogens is 2. The molecule has 19 heavy (non-hydrogen) atoms. The van der Waals surface area contributed by atoms with Crippen molar-refractivity contribution in [2.24, 2.45) is 0 Å². The van der Waals surface area contributed by atoms with Gasteiger partial charge in [0.05, 0.1) is 0 Å². The molecule has 0 atom stereocenters. The third-order valence-corrected chi connectivity index (χ3v) is 1.98. The van der Waals surface area contributed by atoms with Crippen LogP contribution in [0.15, 0.2) is 12.3 Å². The summed E-state index contributed by atoms with van der Waals surface area (Å²) in [5.41, 5.74) is 0. The van der Waals surface area contributed by atoms with Crippen LogP contribution in [0.1, 0.15) is 13.3 Å². The van der Waals surface area contributed by atoms with Crippen molar-refractivity contribution in [2.45, 2.75) is 25.4 Å². The normalized spacial score (nSPS) is 12.3. The molecule has 0 aliphatic heterocycles. The summed E-state index contributed by atoms with van der Waals surface area (Å²) in [6.07, 6.45) is -3.67. The first-order valence-electron chi connectivity index (χ1n) is 5.40. The number of hydrogen-bond acceptors (Lipinski definition) is 4. The van der Waals surface area contributed by atoms with Crippen molar-refractivity contribution < 1.29 is 26.7 Å². The van der Waals surface area contributed by atoms with Crippen LogP contribution >= 0.6 is 0 Å². The molecule has 0 aliphatic rings. The molecule has 0 radical (unpaired) electrons. The van der Waals surface area contributed by atoms with Crippen LogP contribution in [-0.4, -0.2) is 35.2 Å². The molecule has 0 unspecified atom stereocenters. The first-order chi connectivity index (χ1) is 8.76. The van der Waals surface area contributed by atoms with Crippen LogP contribution < -0.4 is 10.1 Å². The molecule has 1 rings (SSSR count). The van der Waals surface area contributed by atoms with E-state index in [9.17, 15) is 22.0 Å². The summed E-state index contributed by atoms with van der Waals surface area (Å²) in [5, 5.41) is 2.75. The van der Waals surface area contributed by atoms with Gasteiger partial charge in [0.1, 0.15) is 0 Å². The van der Waals surface area contributed by atoms with E-state index < -0.39 is 18.7 Å². The molecule has 0 spiro atoms. The molecule has 0 fully saturated rings. The Labute approximate surface area is 106 Å². The van der Waals surface area contributed by atoms with Crippen LogP contribution in [0.2, 0.25) is 0 Å². The maximum Gasteiger partial charge on any atom is 0.456 e. The topological polar surface area (TPSA) is 47.0 Å². The standard InChI is InChI=1S/C10H12F5N3O/c1-2-4-16-8-17-5-3-7(18-8)19-6-9(11,12)10(13,14)15/h3,5H,2,4,6H2,1H3,(H,16,17,18). The van der Waals surface area contributed by atoms with Crippen molar-refractivity contribution >= 4 is 5.95 Å². The third-order valence-electron chi connectivity index (χ3n) is 1.98. The Morgan fingerprint density at radius 2 is 1.95 bits per heavy atom. The van der Waals surface area contributed by atoms with Gasteiger partial charge in [-0.05, 0) is 6.42 Å². The van der Waals surface area contributed by atoms with E-state index >= 15 is 0 Å². The second-order valence-corrected chi connectivity index (χ2v) is 3.64. The Morgan fingerprint density at radius 3 is 2.53 bits per heavy atom. The molecular formula is C10H12F5N3O. The van der Waals surface area contributed by atoms with E-state index in [1.807, 2.05) is 6.92 Å². The average Bonchev–Trinajstić information content (AvgIpc) is 2.33. The highest BCUT2D eigenvalue weighted by Crippen LogP contribution is 2.35. The number of ether oxygens (including phenoxy) is 1. The number of hydrogen-bond donors (Lipinski definition) is 1. The lowest BCUT2D eigenvalue weighted by Gasteiger charge is -2.19. The lowest BCUT2D eigenvalue weighted by molar-refractivity contribution is -0.290. The number of rotatable bonds is 6. The van der Waals surface area contributed by atoms with Gasteiger partial charge in [-0.3, -0.25) is 0 Å². The maximum absolute atomic E-state index is 12.6. The Balaban J connectivity index is 2.63. The van der Waals surface area contributed by atoms with Crippen molar-refractivity contribution in [2.75, 3.05) is 18.5 Å². The number of anilines is 1. The fraction of sp³-hybridized carbons (Fsp3) is 0.600. The van der Waals surface area contributed by atoms with Crippen LogP contribution in [0.5, 0.6) is 5.88 Å². The summed E-state index contributed by atoms with van der Waals surface area (Å²) in [6.45, 7) is 0.611. The van der Waals surface area contributed by atoms with Crippen molar-refractivity contribution in [3.63, 3.8) is 0 Å². The highest BCUT2D eigenvalue weighted by molar-refractivity contribution is 5.27. The lowest BCUT2D eigenvalue weighted by atomic mass is 10.3. The van der Waals surface area contributed by atoms with Crippen molar-refractivity contribution in [1.29, 1.82) is 0 Å².